The minimum atomic E-state index is -0.982. The van der Waals surface area contributed by atoms with E-state index in [4.69, 9.17) is 15.9 Å². The Balaban J connectivity index is 2.45. The Kier molecular flexibility index (Phi) is 4.93. The molecule has 1 heterocycles. The second-order valence-electron chi connectivity index (χ2n) is 4.51. The molecule has 7 nitrogen and oxygen atoms in total. The number of nitrogens with zero attached hydrogens (tertiary/aromatic N) is 2. The van der Waals surface area contributed by atoms with Crippen LogP contribution in [-0.2, 0) is 0 Å². The summed E-state index contributed by atoms with van der Waals surface area (Å²) in [5.74, 6) is -0.935. The molecule has 7 heteroatoms. The van der Waals surface area contributed by atoms with E-state index in [0.29, 0.717) is 5.69 Å². The van der Waals surface area contributed by atoms with E-state index in [2.05, 4.69) is 10.2 Å². The number of allylic oxidation sites excluding steroid dienone is 1. The predicted molar refractivity (Wildman–Crippen MR) is 87.6 cm³/mol. The largest absolute Gasteiger partial charge is 0.495 e. The fourth-order valence-electron chi connectivity index (χ4n) is 2.03. The smallest absolute Gasteiger partial charge is 0.320 e. The molecular weight excluding hydrogens is 296 g/mol. The third kappa shape index (κ3) is 3.46. The van der Waals surface area contributed by atoms with Crippen molar-refractivity contribution >= 4 is 23.4 Å². The normalized spacial score (nSPS) is 10.5. The maximum atomic E-state index is 11.6. The van der Waals surface area contributed by atoms with Crippen molar-refractivity contribution in [3.63, 3.8) is 0 Å². The molecule has 116 valence electrons. The lowest BCUT2D eigenvalue weighted by atomic mass is 10.0. The molecule has 0 spiro atoms. The lowest BCUT2D eigenvalue weighted by Crippen LogP contribution is -2.09. The van der Waals surface area contributed by atoms with E-state index < -0.39 is 5.91 Å². The molecule has 0 aliphatic carbocycles. The zero-order chi connectivity index (χ0) is 16.8. The number of carbonyl (C=O) groups excluding carboxylic acids is 1. The minimum Gasteiger partial charge on any atom is -0.495 e. The number of carbonyl (C=O) groups is 1. The van der Waals surface area contributed by atoms with Gasteiger partial charge in [0.15, 0.2) is 0 Å². The van der Waals surface area contributed by atoms with Gasteiger partial charge in [0.2, 0.25) is 0 Å². The van der Waals surface area contributed by atoms with Crippen LogP contribution in [0.3, 0.4) is 0 Å². The summed E-state index contributed by atoms with van der Waals surface area (Å²) in [5.41, 5.74) is 7.00. The number of aromatic nitrogens is 1. The highest BCUT2D eigenvalue weighted by Crippen LogP contribution is 2.30. The minimum absolute atomic E-state index is 0.0190. The molecule has 0 bridgehead atoms. The van der Waals surface area contributed by atoms with Crippen LogP contribution in [0.2, 0.25) is 0 Å². The van der Waals surface area contributed by atoms with Crippen molar-refractivity contribution < 1.29 is 9.53 Å². The van der Waals surface area contributed by atoms with Crippen LogP contribution < -0.4 is 10.5 Å². The molecule has 0 saturated carbocycles. The number of nitrogen functional groups attached to an aromatic ring is 1. The summed E-state index contributed by atoms with van der Waals surface area (Å²) in [6.45, 7) is 0. The van der Waals surface area contributed by atoms with Gasteiger partial charge < -0.3 is 15.9 Å². The Bertz CT molecular complexity index is 785. The summed E-state index contributed by atoms with van der Waals surface area (Å²) >= 11 is 0. The highest BCUT2D eigenvalue weighted by Gasteiger charge is 2.20. The molecule has 0 saturated heterocycles. The van der Waals surface area contributed by atoms with Gasteiger partial charge in [-0.3, -0.25) is 9.78 Å². The van der Waals surface area contributed by atoms with Gasteiger partial charge in [0, 0.05) is 17.1 Å². The van der Waals surface area contributed by atoms with Crippen LogP contribution in [0, 0.1) is 10.3 Å². The van der Waals surface area contributed by atoms with Gasteiger partial charge in [-0.05, 0) is 36.4 Å². The quantitative estimate of drug-likeness (QED) is 0.500. The monoisotopic (exact) mass is 310 g/mol. The number of nitrogens with one attached hydrogen (secondary N) is 1. The van der Waals surface area contributed by atoms with Crippen LogP contribution in [0.5, 0.6) is 5.75 Å². The molecule has 23 heavy (non-hydrogen) atoms. The lowest BCUT2D eigenvalue weighted by Gasteiger charge is -2.13. The summed E-state index contributed by atoms with van der Waals surface area (Å²) < 4.78 is 5.16. The van der Waals surface area contributed by atoms with Crippen LogP contribution >= 0.6 is 0 Å². The van der Waals surface area contributed by atoms with Gasteiger partial charge in [-0.2, -0.15) is 0 Å². The lowest BCUT2D eigenvalue weighted by molar-refractivity contribution is 0.0998. The Labute approximate surface area is 132 Å². The third-order valence-corrected chi connectivity index (χ3v) is 3.09. The summed E-state index contributed by atoms with van der Waals surface area (Å²) in [4.78, 5) is 26.2. The molecule has 0 aliphatic rings. The van der Waals surface area contributed by atoms with Crippen molar-refractivity contribution in [1.29, 1.82) is 5.41 Å². The molecule has 1 aromatic carbocycles. The number of pyridine rings is 1. The molecule has 0 atom stereocenters. The molecule has 1 amide bonds. The molecule has 2 aromatic rings. The van der Waals surface area contributed by atoms with E-state index in [9.17, 15) is 9.70 Å². The molecular formula is C16H14N4O3. The number of hydrogen-bond donors (Lipinski definition) is 2. The first-order chi connectivity index (χ1) is 11.1. The van der Waals surface area contributed by atoms with E-state index in [1.807, 2.05) is 6.07 Å². The van der Waals surface area contributed by atoms with Crippen LogP contribution in [0.1, 0.15) is 21.6 Å². The van der Waals surface area contributed by atoms with Crippen LogP contribution in [-0.4, -0.2) is 23.7 Å². The van der Waals surface area contributed by atoms with E-state index in [1.165, 1.54) is 25.3 Å². The van der Waals surface area contributed by atoms with Crippen LogP contribution in [0.25, 0.3) is 6.08 Å². The summed E-state index contributed by atoms with van der Waals surface area (Å²) in [5, 5.41) is 10.5. The van der Waals surface area contributed by atoms with Crippen molar-refractivity contribution in [3.8, 4) is 5.75 Å². The average Bonchev–Trinajstić information content (AvgIpc) is 2.59. The zero-order valence-corrected chi connectivity index (χ0v) is 12.3. The predicted octanol–water partition coefficient (Wildman–Crippen LogP) is 2.66. The molecule has 0 radical (unpaired) electrons. The van der Waals surface area contributed by atoms with Crippen LogP contribution in [0.4, 0.5) is 5.69 Å². The third-order valence-electron chi connectivity index (χ3n) is 3.09. The van der Waals surface area contributed by atoms with Crippen LogP contribution in [0.15, 0.2) is 47.8 Å². The van der Waals surface area contributed by atoms with E-state index >= 15 is 0 Å². The van der Waals surface area contributed by atoms with Crippen molar-refractivity contribution in [2.24, 2.45) is 5.18 Å². The van der Waals surface area contributed by atoms with Gasteiger partial charge in [0.05, 0.1) is 29.6 Å². The first-order valence-corrected chi connectivity index (χ1v) is 6.60. The van der Waals surface area contributed by atoms with Gasteiger partial charge in [-0.1, -0.05) is 6.07 Å². The van der Waals surface area contributed by atoms with Crippen molar-refractivity contribution in [2.45, 2.75) is 0 Å². The molecule has 0 unspecified atom stereocenters. The number of rotatable bonds is 5. The zero-order valence-electron chi connectivity index (χ0n) is 12.3. The number of hydrogen-bond acceptors (Lipinski definition) is 6. The average molecular weight is 310 g/mol. The topological polar surface area (TPSA) is 118 Å². The second kappa shape index (κ2) is 7.08. The van der Waals surface area contributed by atoms with Crippen molar-refractivity contribution in [1.82, 2.24) is 4.98 Å². The molecule has 3 N–H and O–H groups in total. The number of nitrogens with two attached hydrogens (primary N) is 1. The SMILES string of the molecule is COc1c(C(=O)N=O)ccc(N)c1C(=N)/C=C/c1ccccn1. The highest BCUT2D eigenvalue weighted by atomic mass is 16.5. The number of ether oxygens (including phenoxy) is 1. The van der Waals surface area contributed by atoms with E-state index in [-0.39, 0.29) is 28.3 Å². The number of amides is 1. The Morgan fingerprint density at radius 3 is 2.74 bits per heavy atom. The Morgan fingerprint density at radius 1 is 1.35 bits per heavy atom. The maximum absolute atomic E-state index is 11.6. The number of nitroso groups, excluding NO2 is 1. The van der Waals surface area contributed by atoms with Gasteiger partial charge in [-0.25, -0.2) is 0 Å². The second-order valence-corrected chi connectivity index (χ2v) is 4.51. The Hall–Kier alpha value is -3.35. The molecule has 1 aromatic heterocycles. The first-order valence-electron chi connectivity index (χ1n) is 6.60. The highest BCUT2D eigenvalue weighted by molar-refractivity contribution is 6.15. The summed E-state index contributed by atoms with van der Waals surface area (Å²) in [6, 6.07) is 8.16. The number of anilines is 1. The maximum Gasteiger partial charge on any atom is 0.320 e. The Morgan fingerprint density at radius 2 is 2.13 bits per heavy atom. The van der Waals surface area contributed by atoms with Gasteiger partial charge in [0.25, 0.3) is 0 Å². The standard InChI is InChI=1S/C16H14N4O3/c1-23-15-11(16(21)20-22)6-8-13(18)14(15)12(17)7-5-10-4-2-3-9-19-10/h2-9,17H,18H2,1H3/b7-5+,17-12?. The molecule has 0 fully saturated rings. The van der Waals surface area contributed by atoms with E-state index in [1.54, 1.807) is 24.4 Å². The van der Waals surface area contributed by atoms with Gasteiger partial charge in [0.1, 0.15) is 5.75 Å². The summed E-state index contributed by atoms with van der Waals surface area (Å²) in [7, 11) is 1.33. The fraction of sp³-hybridized carbons (Fsp3) is 0.0625. The van der Waals surface area contributed by atoms with Gasteiger partial charge in [-0.15, -0.1) is 4.91 Å². The molecule has 0 aliphatic heterocycles. The molecule has 2 rings (SSSR count). The fourth-order valence-corrected chi connectivity index (χ4v) is 2.03. The van der Waals surface area contributed by atoms with E-state index in [0.717, 1.165) is 0 Å². The number of benzene rings is 1. The first kappa shape index (κ1) is 16.0. The van der Waals surface area contributed by atoms with Crippen molar-refractivity contribution in [3.05, 3.63) is 64.3 Å². The van der Waals surface area contributed by atoms with Crippen molar-refractivity contribution in [2.75, 3.05) is 12.8 Å². The summed E-state index contributed by atoms with van der Waals surface area (Å²) in [6.07, 6.45) is 4.75. The van der Waals surface area contributed by atoms with Gasteiger partial charge >= 0.3 is 5.91 Å². The number of methoxy groups -OCH3 is 1.